The van der Waals surface area contributed by atoms with Crippen LogP contribution in [0, 0.1) is 0 Å². The molecule has 1 aromatic heterocycles. The van der Waals surface area contributed by atoms with Gasteiger partial charge >= 0.3 is 0 Å². The van der Waals surface area contributed by atoms with Crippen molar-refractivity contribution in [3.05, 3.63) is 48.7 Å². The van der Waals surface area contributed by atoms with Crippen molar-refractivity contribution in [1.29, 1.82) is 0 Å². The number of pyridine rings is 1. The van der Waals surface area contributed by atoms with Crippen LogP contribution in [0.5, 0.6) is 0 Å². The number of aromatic nitrogens is 1. The van der Waals surface area contributed by atoms with Crippen LogP contribution in [0.4, 0.5) is 11.5 Å². The van der Waals surface area contributed by atoms with Gasteiger partial charge in [-0.15, -0.1) is 0 Å². The Morgan fingerprint density at radius 1 is 1.29 bits per heavy atom. The lowest BCUT2D eigenvalue weighted by Crippen LogP contribution is -1.95. The van der Waals surface area contributed by atoms with E-state index in [-0.39, 0.29) is 0 Å². The second kappa shape index (κ2) is 4.70. The van der Waals surface area contributed by atoms with Crippen molar-refractivity contribution in [3.8, 4) is 11.1 Å². The zero-order valence-corrected chi connectivity index (χ0v) is 9.77. The summed E-state index contributed by atoms with van der Waals surface area (Å²) in [6.45, 7) is 3.79. The number of nitrogens with two attached hydrogens (primary N) is 1. The largest absolute Gasteiger partial charge is 0.399 e. The molecule has 0 saturated carbocycles. The lowest BCUT2D eigenvalue weighted by atomic mass is 10.0. The van der Waals surface area contributed by atoms with Gasteiger partial charge in [0.1, 0.15) is 5.82 Å². The number of anilines is 2. The fourth-order valence-corrected chi connectivity index (χ4v) is 1.72. The Hall–Kier alpha value is -2.29. The van der Waals surface area contributed by atoms with Gasteiger partial charge in [-0.05, 0) is 23.8 Å². The average Bonchev–Trinajstić information content (AvgIpc) is 2.38. The minimum absolute atomic E-state index is 0.750. The first-order chi connectivity index (χ1) is 8.24. The summed E-state index contributed by atoms with van der Waals surface area (Å²) < 4.78 is 0. The molecule has 0 radical (unpaired) electrons. The molecular weight excluding hydrogens is 210 g/mol. The van der Waals surface area contributed by atoms with Gasteiger partial charge in [0, 0.05) is 30.1 Å². The Kier molecular flexibility index (Phi) is 3.10. The van der Waals surface area contributed by atoms with Crippen molar-refractivity contribution < 1.29 is 0 Å². The van der Waals surface area contributed by atoms with Crippen molar-refractivity contribution in [2.75, 3.05) is 18.1 Å². The molecule has 3 nitrogen and oxygen atoms in total. The SMILES string of the molecule is C=Cc1cc(-c2cccc(N)c2)cnc1NC. The summed E-state index contributed by atoms with van der Waals surface area (Å²) in [6, 6.07) is 9.79. The number of nitrogens with zero attached hydrogens (tertiary/aromatic N) is 1. The fourth-order valence-electron chi connectivity index (χ4n) is 1.72. The smallest absolute Gasteiger partial charge is 0.132 e. The quantitative estimate of drug-likeness (QED) is 0.789. The van der Waals surface area contributed by atoms with E-state index in [1.165, 1.54) is 0 Å². The van der Waals surface area contributed by atoms with Gasteiger partial charge in [0.05, 0.1) is 0 Å². The summed E-state index contributed by atoms with van der Waals surface area (Å²) in [7, 11) is 1.84. The van der Waals surface area contributed by atoms with E-state index in [1.54, 1.807) is 6.08 Å². The van der Waals surface area contributed by atoms with Crippen LogP contribution >= 0.6 is 0 Å². The van der Waals surface area contributed by atoms with E-state index in [1.807, 2.05) is 43.6 Å². The summed E-state index contributed by atoms with van der Waals surface area (Å²) in [5.74, 6) is 0.827. The van der Waals surface area contributed by atoms with Crippen molar-refractivity contribution in [2.24, 2.45) is 0 Å². The zero-order chi connectivity index (χ0) is 12.3. The van der Waals surface area contributed by atoms with Crippen molar-refractivity contribution in [3.63, 3.8) is 0 Å². The van der Waals surface area contributed by atoms with Crippen LogP contribution in [0.2, 0.25) is 0 Å². The molecule has 3 N–H and O–H groups in total. The number of rotatable bonds is 3. The van der Waals surface area contributed by atoms with Gasteiger partial charge in [-0.3, -0.25) is 0 Å². The standard InChI is InChI=1S/C14H15N3/c1-3-10-7-12(9-17-14(10)16-2)11-5-4-6-13(15)8-11/h3-9H,1,15H2,2H3,(H,16,17). The van der Waals surface area contributed by atoms with Gasteiger partial charge in [-0.2, -0.15) is 0 Å². The van der Waals surface area contributed by atoms with Gasteiger partial charge in [0.25, 0.3) is 0 Å². The summed E-state index contributed by atoms with van der Waals surface area (Å²) in [5, 5.41) is 3.03. The second-order valence-corrected chi connectivity index (χ2v) is 3.74. The molecule has 0 saturated heterocycles. The summed E-state index contributed by atoms with van der Waals surface area (Å²) in [5.41, 5.74) is 9.59. The van der Waals surface area contributed by atoms with Gasteiger partial charge in [-0.1, -0.05) is 24.8 Å². The molecular formula is C14H15N3. The first-order valence-corrected chi connectivity index (χ1v) is 5.40. The van der Waals surface area contributed by atoms with Crippen LogP contribution in [0.25, 0.3) is 17.2 Å². The molecule has 3 heteroatoms. The van der Waals surface area contributed by atoms with Gasteiger partial charge in [0.2, 0.25) is 0 Å². The van der Waals surface area contributed by atoms with Crippen LogP contribution in [0.15, 0.2) is 43.1 Å². The lowest BCUT2D eigenvalue weighted by Gasteiger charge is -2.08. The minimum atomic E-state index is 0.750. The predicted octanol–water partition coefficient (Wildman–Crippen LogP) is 3.02. The maximum Gasteiger partial charge on any atom is 0.132 e. The van der Waals surface area contributed by atoms with Crippen LogP contribution < -0.4 is 11.1 Å². The molecule has 1 heterocycles. The number of hydrogen-bond acceptors (Lipinski definition) is 3. The summed E-state index contributed by atoms with van der Waals surface area (Å²) in [6.07, 6.45) is 3.61. The summed E-state index contributed by atoms with van der Waals surface area (Å²) in [4.78, 5) is 4.35. The molecule has 86 valence electrons. The lowest BCUT2D eigenvalue weighted by molar-refractivity contribution is 1.28. The molecule has 0 fully saturated rings. The highest BCUT2D eigenvalue weighted by Crippen LogP contribution is 2.24. The number of nitrogen functional groups attached to an aromatic ring is 1. The van der Waals surface area contributed by atoms with E-state index in [0.717, 1.165) is 28.2 Å². The van der Waals surface area contributed by atoms with Crippen molar-refractivity contribution in [2.45, 2.75) is 0 Å². The molecule has 2 rings (SSSR count). The minimum Gasteiger partial charge on any atom is -0.399 e. The first-order valence-electron chi connectivity index (χ1n) is 5.40. The molecule has 0 atom stereocenters. The van der Waals surface area contributed by atoms with E-state index in [9.17, 15) is 0 Å². The molecule has 2 aromatic rings. The summed E-state index contributed by atoms with van der Waals surface area (Å²) >= 11 is 0. The Morgan fingerprint density at radius 3 is 2.76 bits per heavy atom. The third kappa shape index (κ3) is 2.28. The second-order valence-electron chi connectivity index (χ2n) is 3.74. The normalized spacial score (nSPS) is 9.94. The van der Waals surface area contributed by atoms with E-state index < -0.39 is 0 Å². The first kappa shape index (κ1) is 11.2. The Balaban J connectivity index is 2.50. The molecule has 0 aliphatic heterocycles. The van der Waals surface area contributed by atoms with Crippen LogP contribution in [0.1, 0.15) is 5.56 Å². The van der Waals surface area contributed by atoms with Crippen molar-refractivity contribution in [1.82, 2.24) is 4.98 Å². The van der Waals surface area contributed by atoms with Crippen LogP contribution in [-0.4, -0.2) is 12.0 Å². The van der Waals surface area contributed by atoms with Crippen molar-refractivity contribution >= 4 is 17.6 Å². The monoisotopic (exact) mass is 225 g/mol. The highest BCUT2D eigenvalue weighted by atomic mass is 15.0. The highest BCUT2D eigenvalue weighted by Gasteiger charge is 2.03. The molecule has 1 aromatic carbocycles. The number of nitrogens with one attached hydrogen (secondary N) is 1. The zero-order valence-electron chi connectivity index (χ0n) is 9.77. The molecule has 0 aliphatic rings. The molecule has 0 amide bonds. The van der Waals surface area contributed by atoms with Gasteiger partial charge in [-0.25, -0.2) is 4.98 Å². The highest BCUT2D eigenvalue weighted by molar-refractivity contribution is 5.73. The molecule has 0 bridgehead atoms. The number of hydrogen-bond donors (Lipinski definition) is 2. The average molecular weight is 225 g/mol. The third-order valence-electron chi connectivity index (χ3n) is 2.59. The number of benzene rings is 1. The molecule has 0 aliphatic carbocycles. The van der Waals surface area contributed by atoms with E-state index in [0.29, 0.717) is 0 Å². The van der Waals surface area contributed by atoms with E-state index in [2.05, 4.69) is 16.9 Å². The van der Waals surface area contributed by atoms with Gasteiger partial charge in [0.15, 0.2) is 0 Å². The molecule has 0 unspecified atom stereocenters. The topological polar surface area (TPSA) is 50.9 Å². The van der Waals surface area contributed by atoms with E-state index in [4.69, 9.17) is 5.73 Å². The van der Waals surface area contributed by atoms with Crippen LogP contribution in [0.3, 0.4) is 0 Å². The van der Waals surface area contributed by atoms with Gasteiger partial charge < -0.3 is 11.1 Å². The Labute approximate surface area is 101 Å². The third-order valence-corrected chi connectivity index (χ3v) is 2.59. The maximum atomic E-state index is 5.77. The molecule has 0 spiro atoms. The Morgan fingerprint density at radius 2 is 2.12 bits per heavy atom. The predicted molar refractivity (Wildman–Crippen MR) is 73.7 cm³/mol. The maximum absolute atomic E-state index is 5.77. The van der Waals surface area contributed by atoms with E-state index >= 15 is 0 Å². The molecule has 17 heavy (non-hydrogen) atoms. The fraction of sp³-hybridized carbons (Fsp3) is 0.0714. The Bertz CT molecular complexity index is 547. The van der Waals surface area contributed by atoms with Crippen LogP contribution in [-0.2, 0) is 0 Å².